The molecule has 0 saturated heterocycles. The molecule has 1 aliphatic rings. The fraction of sp³-hybridized carbons (Fsp3) is 0.571. The van der Waals surface area contributed by atoms with E-state index < -0.39 is 0 Å². The lowest BCUT2D eigenvalue weighted by Gasteiger charge is -2.27. The van der Waals surface area contributed by atoms with Gasteiger partial charge in [-0.25, -0.2) is 0 Å². The molecule has 2 N–H and O–H groups in total. The first kappa shape index (κ1) is 13.0. The average molecular weight is 247 g/mol. The van der Waals surface area contributed by atoms with Gasteiger partial charge in [0.05, 0.1) is 0 Å². The normalized spacial score (nSPS) is 15.2. The molecule has 1 saturated carbocycles. The van der Waals surface area contributed by atoms with E-state index in [1.807, 2.05) is 13.1 Å². The van der Waals surface area contributed by atoms with E-state index in [0.29, 0.717) is 12.2 Å². The van der Waals surface area contributed by atoms with Crippen molar-refractivity contribution < 1.29 is 4.79 Å². The van der Waals surface area contributed by atoms with Crippen molar-refractivity contribution in [3.63, 3.8) is 0 Å². The maximum absolute atomic E-state index is 12.2. The number of hydrogen-bond acceptors (Lipinski definition) is 3. The van der Waals surface area contributed by atoms with E-state index in [1.165, 1.54) is 19.3 Å². The summed E-state index contributed by atoms with van der Waals surface area (Å²) < 4.78 is 0. The third kappa shape index (κ3) is 3.07. The minimum Gasteiger partial charge on any atom is -0.340 e. The summed E-state index contributed by atoms with van der Waals surface area (Å²) in [5.74, 6) is 0.813. The summed E-state index contributed by atoms with van der Waals surface area (Å²) >= 11 is 0. The molecular formula is C14H21N3O. The van der Waals surface area contributed by atoms with Gasteiger partial charge in [-0.1, -0.05) is 19.3 Å². The van der Waals surface area contributed by atoms with E-state index in [1.54, 1.807) is 17.2 Å². The van der Waals surface area contributed by atoms with Crippen LogP contribution < -0.4 is 5.73 Å². The third-order valence-electron chi connectivity index (χ3n) is 3.72. The van der Waals surface area contributed by atoms with Crippen molar-refractivity contribution in [3.05, 3.63) is 29.6 Å². The molecule has 0 bridgehead atoms. The van der Waals surface area contributed by atoms with Gasteiger partial charge in [-0.15, -0.1) is 0 Å². The van der Waals surface area contributed by atoms with Gasteiger partial charge in [0.2, 0.25) is 0 Å². The fourth-order valence-corrected chi connectivity index (χ4v) is 2.17. The van der Waals surface area contributed by atoms with Crippen LogP contribution >= 0.6 is 0 Å². The van der Waals surface area contributed by atoms with Crippen LogP contribution in [0.3, 0.4) is 0 Å². The van der Waals surface area contributed by atoms with Gasteiger partial charge in [0.15, 0.2) is 0 Å². The third-order valence-corrected chi connectivity index (χ3v) is 3.72. The highest BCUT2D eigenvalue weighted by Crippen LogP contribution is 2.29. The van der Waals surface area contributed by atoms with Gasteiger partial charge in [0.1, 0.15) is 5.69 Å². The minimum atomic E-state index is -0.00961. The number of nitrogens with zero attached hydrogens (tertiary/aromatic N) is 2. The SMILES string of the molecule is CN(CCC1CCC1)C(=O)c1cc(CN)ccn1. The van der Waals surface area contributed by atoms with Gasteiger partial charge >= 0.3 is 0 Å². The van der Waals surface area contributed by atoms with Crippen LogP contribution in [0.15, 0.2) is 18.3 Å². The van der Waals surface area contributed by atoms with Crippen LogP contribution in [0.4, 0.5) is 0 Å². The number of aromatic nitrogens is 1. The Morgan fingerprint density at radius 3 is 2.94 bits per heavy atom. The number of amides is 1. The van der Waals surface area contributed by atoms with Crippen LogP contribution in [-0.2, 0) is 6.54 Å². The lowest BCUT2D eigenvalue weighted by molar-refractivity contribution is 0.0773. The van der Waals surface area contributed by atoms with Crippen molar-refractivity contribution in [3.8, 4) is 0 Å². The lowest BCUT2D eigenvalue weighted by atomic mass is 9.83. The number of hydrogen-bond donors (Lipinski definition) is 1. The topological polar surface area (TPSA) is 59.2 Å². The van der Waals surface area contributed by atoms with Crippen molar-refractivity contribution in [2.75, 3.05) is 13.6 Å². The van der Waals surface area contributed by atoms with Crippen molar-refractivity contribution in [2.45, 2.75) is 32.2 Å². The Morgan fingerprint density at radius 2 is 2.33 bits per heavy atom. The van der Waals surface area contributed by atoms with Crippen LogP contribution in [0.5, 0.6) is 0 Å². The first-order valence-electron chi connectivity index (χ1n) is 6.61. The van der Waals surface area contributed by atoms with E-state index in [0.717, 1.165) is 24.4 Å². The van der Waals surface area contributed by atoms with Gasteiger partial charge in [0.25, 0.3) is 5.91 Å². The molecule has 98 valence electrons. The standard InChI is InChI=1S/C14H21N3O/c1-17(8-6-11-3-2-4-11)14(18)13-9-12(10-15)5-7-16-13/h5,7,9,11H,2-4,6,8,10,15H2,1H3. The summed E-state index contributed by atoms with van der Waals surface area (Å²) in [6.07, 6.45) is 6.75. The summed E-state index contributed by atoms with van der Waals surface area (Å²) in [6, 6.07) is 3.62. The highest BCUT2D eigenvalue weighted by molar-refractivity contribution is 5.92. The monoisotopic (exact) mass is 247 g/mol. The summed E-state index contributed by atoms with van der Waals surface area (Å²) in [5, 5.41) is 0. The van der Waals surface area contributed by atoms with Crippen LogP contribution in [0.25, 0.3) is 0 Å². The lowest BCUT2D eigenvalue weighted by Crippen LogP contribution is -2.30. The Bertz CT molecular complexity index is 415. The molecule has 1 aromatic heterocycles. The van der Waals surface area contributed by atoms with Gasteiger partial charge in [-0.2, -0.15) is 0 Å². The molecule has 4 heteroatoms. The molecular weight excluding hydrogens is 226 g/mol. The Kier molecular flexibility index (Phi) is 4.31. The molecule has 0 aliphatic heterocycles. The van der Waals surface area contributed by atoms with Crippen molar-refractivity contribution >= 4 is 5.91 Å². The number of carbonyl (C=O) groups is 1. The van der Waals surface area contributed by atoms with Crippen molar-refractivity contribution in [1.29, 1.82) is 0 Å². The first-order valence-corrected chi connectivity index (χ1v) is 6.61. The zero-order valence-corrected chi connectivity index (χ0v) is 10.9. The second-order valence-electron chi connectivity index (χ2n) is 5.07. The second kappa shape index (κ2) is 5.96. The molecule has 2 rings (SSSR count). The summed E-state index contributed by atoms with van der Waals surface area (Å²) in [6.45, 7) is 1.26. The van der Waals surface area contributed by atoms with Crippen LogP contribution in [0.2, 0.25) is 0 Å². The Balaban J connectivity index is 1.91. The molecule has 0 unspecified atom stereocenters. The number of nitrogens with two attached hydrogens (primary N) is 1. The van der Waals surface area contributed by atoms with E-state index >= 15 is 0 Å². The Labute approximate surface area is 108 Å². The number of rotatable bonds is 5. The molecule has 1 aromatic rings. The van der Waals surface area contributed by atoms with E-state index in [9.17, 15) is 4.79 Å². The molecule has 1 amide bonds. The largest absolute Gasteiger partial charge is 0.340 e. The quantitative estimate of drug-likeness (QED) is 0.863. The number of carbonyl (C=O) groups excluding carboxylic acids is 1. The second-order valence-corrected chi connectivity index (χ2v) is 5.07. The molecule has 1 fully saturated rings. The first-order chi connectivity index (χ1) is 8.70. The average Bonchev–Trinajstić information content (AvgIpc) is 2.36. The van der Waals surface area contributed by atoms with E-state index in [-0.39, 0.29) is 5.91 Å². The predicted octanol–water partition coefficient (Wildman–Crippen LogP) is 1.80. The zero-order chi connectivity index (χ0) is 13.0. The highest BCUT2D eigenvalue weighted by Gasteiger charge is 2.19. The van der Waals surface area contributed by atoms with Crippen LogP contribution in [-0.4, -0.2) is 29.4 Å². The maximum atomic E-state index is 12.2. The summed E-state index contributed by atoms with van der Waals surface area (Å²) in [7, 11) is 1.85. The molecule has 0 radical (unpaired) electrons. The molecule has 18 heavy (non-hydrogen) atoms. The zero-order valence-electron chi connectivity index (χ0n) is 10.9. The predicted molar refractivity (Wildman–Crippen MR) is 71.0 cm³/mol. The Hall–Kier alpha value is -1.42. The van der Waals surface area contributed by atoms with Gasteiger partial charge in [-0.05, 0) is 30.0 Å². The minimum absolute atomic E-state index is 0.00961. The maximum Gasteiger partial charge on any atom is 0.272 e. The molecule has 0 atom stereocenters. The Morgan fingerprint density at radius 1 is 1.56 bits per heavy atom. The van der Waals surface area contributed by atoms with Crippen LogP contribution in [0.1, 0.15) is 41.7 Å². The summed E-state index contributed by atoms with van der Waals surface area (Å²) in [5.41, 5.74) is 7.01. The van der Waals surface area contributed by atoms with Crippen molar-refractivity contribution in [1.82, 2.24) is 9.88 Å². The number of pyridine rings is 1. The van der Waals surface area contributed by atoms with E-state index in [2.05, 4.69) is 4.98 Å². The van der Waals surface area contributed by atoms with Gasteiger partial charge in [0, 0.05) is 26.3 Å². The molecule has 0 spiro atoms. The van der Waals surface area contributed by atoms with Crippen LogP contribution in [0, 0.1) is 5.92 Å². The van der Waals surface area contributed by atoms with Gasteiger partial charge < -0.3 is 10.6 Å². The summed E-state index contributed by atoms with van der Waals surface area (Å²) in [4.78, 5) is 18.0. The van der Waals surface area contributed by atoms with Gasteiger partial charge in [-0.3, -0.25) is 9.78 Å². The fourth-order valence-electron chi connectivity index (χ4n) is 2.17. The molecule has 4 nitrogen and oxygen atoms in total. The van der Waals surface area contributed by atoms with Crippen molar-refractivity contribution in [2.24, 2.45) is 11.7 Å². The van der Waals surface area contributed by atoms with E-state index in [4.69, 9.17) is 5.73 Å². The highest BCUT2D eigenvalue weighted by atomic mass is 16.2. The smallest absolute Gasteiger partial charge is 0.272 e. The molecule has 1 heterocycles. The molecule has 1 aliphatic carbocycles. The molecule has 0 aromatic carbocycles.